The lowest BCUT2D eigenvalue weighted by Gasteiger charge is -1.96. The van der Waals surface area contributed by atoms with Crippen LogP contribution in [-0.2, 0) is 4.74 Å². The number of nitrogen functional groups attached to an aromatic ring is 1. The zero-order chi connectivity index (χ0) is 14.0. The summed E-state index contributed by atoms with van der Waals surface area (Å²) < 4.78 is 4.81. The molecule has 0 unspecified atom stereocenters. The molecule has 0 fully saturated rings. The van der Waals surface area contributed by atoms with Crippen LogP contribution in [-0.4, -0.2) is 18.5 Å². The van der Waals surface area contributed by atoms with Gasteiger partial charge in [0.05, 0.1) is 12.7 Å². The predicted molar refractivity (Wildman–Crippen MR) is 73.4 cm³/mol. The molecular formula is C14H17NO3. The quantitative estimate of drug-likeness (QED) is 0.282. The van der Waals surface area contributed by atoms with Crippen LogP contribution < -0.4 is 5.73 Å². The van der Waals surface area contributed by atoms with Gasteiger partial charge in [0, 0.05) is 5.69 Å². The smallest absolute Gasteiger partial charge is 0.153 e. The molecule has 4 nitrogen and oxygen atoms in total. The van der Waals surface area contributed by atoms with Crippen LogP contribution in [0.5, 0.6) is 5.75 Å². The fourth-order valence-corrected chi connectivity index (χ4v) is 1.00. The Morgan fingerprint density at radius 2 is 2.11 bits per heavy atom. The second-order valence-electron chi connectivity index (χ2n) is 3.15. The summed E-state index contributed by atoms with van der Waals surface area (Å²) in [6, 6.07) is 4.34. The van der Waals surface area contributed by atoms with Gasteiger partial charge in [-0.15, -0.1) is 0 Å². The van der Waals surface area contributed by atoms with Gasteiger partial charge in [0.1, 0.15) is 11.5 Å². The lowest BCUT2D eigenvalue weighted by Crippen LogP contribution is -1.87. The molecule has 0 aromatic heterocycles. The Morgan fingerprint density at radius 1 is 1.44 bits per heavy atom. The zero-order valence-electron chi connectivity index (χ0n) is 10.3. The summed E-state index contributed by atoms with van der Waals surface area (Å²) in [5, 5.41) is 8.95. The van der Waals surface area contributed by atoms with Gasteiger partial charge in [-0.2, -0.15) is 0 Å². The van der Waals surface area contributed by atoms with Crippen LogP contribution in [0.15, 0.2) is 55.3 Å². The minimum absolute atomic E-state index is 0.0378. The molecule has 0 radical (unpaired) electrons. The summed E-state index contributed by atoms with van der Waals surface area (Å²) in [5.74, 6) is 0.698. The van der Waals surface area contributed by atoms with E-state index in [0.29, 0.717) is 12.0 Å². The van der Waals surface area contributed by atoms with Crippen molar-refractivity contribution in [3.63, 3.8) is 0 Å². The van der Waals surface area contributed by atoms with Crippen molar-refractivity contribution < 1.29 is 14.6 Å². The van der Waals surface area contributed by atoms with Gasteiger partial charge >= 0.3 is 0 Å². The number of carbonyl (C=O) groups excluding carboxylic acids is 1. The van der Waals surface area contributed by atoms with Crippen LogP contribution in [0, 0.1) is 0 Å². The molecule has 0 heterocycles. The molecule has 96 valence electrons. The van der Waals surface area contributed by atoms with Crippen molar-refractivity contribution in [2.45, 2.75) is 0 Å². The number of methoxy groups -OCH3 is 1. The Morgan fingerprint density at radius 3 is 2.44 bits per heavy atom. The molecule has 0 saturated heterocycles. The predicted octanol–water partition coefficient (Wildman–Crippen LogP) is 2.68. The number of carbonyl (C=O) groups is 1. The maximum absolute atomic E-state index is 10.2. The maximum Gasteiger partial charge on any atom is 0.153 e. The van der Waals surface area contributed by atoms with E-state index in [9.17, 15) is 4.79 Å². The zero-order valence-corrected chi connectivity index (χ0v) is 10.3. The first-order chi connectivity index (χ1) is 8.58. The van der Waals surface area contributed by atoms with Gasteiger partial charge in [-0.3, -0.25) is 4.79 Å². The van der Waals surface area contributed by atoms with Crippen LogP contribution in [0.3, 0.4) is 0 Å². The van der Waals surface area contributed by atoms with Crippen molar-refractivity contribution in [2.75, 3.05) is 12.8 Å². The first kappa shape index (κ1) is 15.5. The number of hydrogen-bond donors (Lipinski definition) is 2. The van der Waals surface area contributed by atoms with E-state index in [1.54, 1.807) is 25.3 Å². The van der Waals surface area contributed by atoms with Crippen molar-refractivity contribution >= 4 is 12.0 Å². The van der Waals surface area contributed by atoms with Gasteiger partial charge in [-0.25, -0.2) is 0 Å². The molecule has 0 atom stereocenters. The van der Waals surface area contributed by atoms with E-state index < -0.39 is 0 Å². The van der Waals surface area contributed by atoms with E-state index in [2.05, 4.69) is 13.2 Å². The van der Waals surface area contributed by atoms with Gasteiger partial charge in [0.2, 0.25) is 0 Å². The van der Waals surface area contributed by atoms with Crippen LogP contribution in [0.2, 0.25) is 0 Å². The van der Waals surface area contributed by atoms with Crippen molar-refractivity contribution in [1.29, 1.82) is 0 Å². The molecule has 0 spiro atoms. The van der Waals surface area contributed by atoms with E-state index in [-0.39, 0.29) is 11.3 Å². The number of ether oxygens (including phenoxy) is 1. The number of phenolic OH excluding ortho intramolecular Hbond substituents is 1. The second kappa shape index (κ2) is 8.64. The molecule has 0 saturated carbocycles. The Hall–Kier alpha value is -2.49. The fourth-order valence-electron chi connectivity index (χ4n) is 1.00. The number of nitrogens with two attached hydrogens (primary N) is 1. The largest absolute Gasteiger partial charge is 0.507 e. The summed E-state index contributed by atoms with van der Waals surface area (Å²) in [7, 11) is 1.59. The first-order valence-corrected chi connectivity index (χ1v) is 5.11. The summed E-state index contributed by atoms with van der Waals surface area (Å²) in [6.07, 6.45) is 5.58. The number of aldehydes is 1. The SMILES string of the molecule is C=C/C=C(\C=C)OC.Nc1ccc(O)c(C=O)c1. The first-order valence-electron chi connectivity index (χ1n) is 5.11. The normalized spacial score (nSPS) is 9.72. The van der Waals surface area contributed by atoms with E-state index in [1.807, 2.05) is 0 Å². The number of benzene rings is 1. The van der Waals surface area contributed by atoms with Crippen molar-refractivity contribution in [3.05, 3.63) is 60.9 Å². The molecule has 0 aliphatic rings. The van der Waals surface area contributed by atoms with Crippen LogP contribution >= 0.6 is 0 Å². The molecule has 1 aromatic rings. The van der Waals surface area contributed by atoms with Gasteiger partial charge in [-0.1, -0.05) is 19.2 Å². The van der Waals surface area contributed by atoms with Crippen molar-refractivity contribution in [2.24, 2.45) is 0 Å². The third-order valence-corrected chi connectivity index (χ3v) is 1.90. The summed E-state index contributed by atoms with van der Waals surface area (Å²) in [4.78, 5) is 10.2. The molecule has 1 rings (SSSR count). The van der Waals surface area contributed by atoms with Gasteiger partial charge in [0.15, 0.2) is 6.29 Å². The highest BCUT2D eigenvalue weighted by Crippen LogP contribution is 2.16. The number of anilines is 1. The third kappa shape index (κ3) is 5.55. The minimum atomic E-state index is -0.0378. The lowest BCUT2D eigenvalue weighted by molar-refractivity contribution is 0.112. The van der Waals surface area contributed by atoms with Crippen molar-refractivity contribution in [3.8, 4) is 5.75 Å². The van der Waals surface area contributed by atoms with Gasteiger partial charge < -0.3 is 15.6 Å². The van der Waals surface area contributed by atoms with Gasteiger partial charge in [0.25, 0.3) is 0 Å². The average molecular weight is 247 g/mol. The molecule has 4 heteroatoms. The third-order valence-electron chi connectivity index (χ3n) is 1.90. The Kier molecular flexibility index (Phi) is 7.44. The Labute approximate surface area is 107 Å². The van der Waals surface area contributed by atoms with Crippen LogP contribution in [0.25, 0.3) is 0 Å². The average Bonchev–Trinajstić information content (AvgIpc) is 2.39. The molecular weight excluding hydrogens is 230 g/mol. The van der Waals surface area contributed by atoms with E-state index in [0.717, 1.165) is 5.76 Å². The highest BCUT2D eigenvalue weighted by atomic mass is 16.5. The maximum atomic E-state index is 10.2. The number of aromatic hydroxyl groups is 1. The highest BCUT2D eigenvalue weighted by molar-refractivity contribution is 5.80. The molecule has 0 aliphatic carbocycles. The monoisotopic (exact) mass is 247 g/mol. The molecule has 3 N–H and O–H groups in total. The summed E-state index contributed by atoms with van der Waals surface area (Å²) >= 11 is 0. The van der Waals surface area contributed by atoms with Crippen LogP contribution in [0.4, 0.5) is 5.69 Å². The summed E-state index contributed by atoms with van der Waals surface area (Å²) in [5.41, 5.74) is 6.03. The fraction of sp³-hybridized carbons (Fsp3) is 0.0714. The van der Waals surface area contributed by atoms with E-state index in [1.165, 1.54) is 18.2 Å². The number of hydrogen-bond acceptors (Lipinski definition) is 4. The Balaban J connectivity index is 0.000000331. The minimum Gasteiger partial charge on any atom is -0.507 e. The molecule has 0 aliphatic heterocycles. The topological polar surface area (TPSA) is 72.6 Å². The molecule has 0 bridgehead atoms. The molecule has 1 aromatic carbocycles. The van der Waals surface area contributed by atoms with Crippen molar-refractivity contribution in [1.82, 2.24) is 0 Å². The lowest BCUT2D eigenvalue weighted by atomic mass is 10.2. The molecule has 18 heavy (non-hydrogen) atoms. The number of phenols is 1. The second-order valence-corrected chi connectivity index (χ2v) is 3.15. The molecule has 0 amide bonds. The van der Waals surface area contributed by atoms with Gasteiger partial charge in [-0.05, 0) is 30.4 Å². The van der Waals surface area contributed by atoms with Crippen LogP contribution in [0.1, 0.15) is 10.4 Å². The summed E-state index contributed by atoms with van der Waals surface area (Å²) in [6.45, 7) is 7.00. The number of rotatable bonds is 4. The van der Waals surface area contributed by atoms with E-state index >= 15 is 0 Å². The highest BCUT2D eigenvalue weighted by Gasteiger charge is 1.97. The van der Waals surface area contributed by atoms with E-state index in [4.69, 9.17) is 15.6 Å². The Bertz CT molecular complexity index is 450. The standard InChI is InChI=1S/C7H7NO2.C7H10O/c8-6-1-2-7(10)5(3-6)4-9;1-4-6-7(5-2)8-3/h1-4,10H,8H2;4-6H,1-2H2,3H3/b;7-6+. The number of allylic oxidation sites excluding steroid dienone is 3.